The van der Waals surface area contributed by atoms with Crippen molar-refractivity contribution in [3.05, 3.63) is 42.0 Å². The minimum Gasteiger partial charge on any atom is -0.398 e. The van der Waals surface area contributed by atoms with Crippen LogP contribution in [0.2, 0.25) is 0 Å². The third-order valence-electron chi connectivity index (χ3n) is 3.96. The summed E-state index contributed by atoms with van der Waals surface area (Å²) in [6.45, 7) is 2.94. The van der Waals surface area contributed by atoms with Crippen LogP contribution < -0.4 is 5.73 Å². The van der Waals surface area contributed by atoms with Crippen LogP contribution in [0.4, 0.5) is 5.69 Å². The van der Waals surface area contributed by atoms with E-state index in [2.05, 4.69) is 6.92 Å². The molecule has 98 valence electrons. The van der Waals surface area contributed by atoms with Gasteiger partial charge in [-0.15, -0.1) is 0 Å². The summed E-state index contributed by atoms with van der Waals surface area (Å²) >= 11 is 0. The predicted octanol–water partition coefficient (Wildman–Crippen LogP) is 3.05. The molecule has 0 radical (unpaired) electrons. The van der Waals surface area contributed by atoms with Gasteiger partial charge in [0.15, 0.2) is 0 Å². The molecule has 2 aromatic rings. The van der Waals surface area contributed by atoms with E-state index in [9.17, 15) is 4.79 Å². The van der Waals surface area contributed by atoms with Gasteiger partial charge in [0.05, 0.1) is 5.56 Å². The van der Waals surface area contributed by atoms with Crippen LogP contribution in [0.1, 0.15) is 30.1 Å². The summed E-state index contributed by atoms with van der Waals surface area (Å²) < 4.78 is 0. The highest BCUT2D eigenvalue weighted by atomic mass is 16.2. The van der Waals surface area contributed by atoms with Gasteiger partial charge in [-0.1, -0.05) is 24.3 Å². The molecule has 3 rings (SSSR count). The minimum absolute atomic E-state index is 0.0632. The Bertz CT molecular complexity index is 636. The first-order valence-electron chi connectivity index (χ1n) is 6.76. The average molecular weight is 254 g/mol. The molecule has 0 unspecified atom stereocenters. The number of fused-ring (bicyclic) bond motifs is 1. The molecule has 2 aromatic carbocycles. The van der Waals surface area contributed by atoms with E-state index in [1.807, 2.05) is 41.3 Å². The van der Waals surface area contributed by atoms with E-state index in [1.54, 1.807) is 0 Å². The van der Waals surface area contributed by atoms with Crippen molar-refractivity contribution >= 4 is 22.4 Å². The Morgan fingerprint density at radius 3 is 2.58 bits per heavy atom. The van der Waals surface area contributed by atoms with Gasteiger partial charge in [-0.05, 0) is 42.7 Å². The number of likely N-dealkylation sites (tertiary alicyclic amines) is 1. The van der Waals surface area contributed by atoms with Crippen LogP contribution in [-0.4, -0.2) is 23.4 Å². The van der Waals surface area contributed by atoms with Crippen molar-refractivity contribution in [1.29, 1.82) is 0 Å². The number of nitrogens with two attached hydrogens (primary N) is 1. The lowest BCUT2D eigenvalue weighted by Gasteiger charge is -2.22. The Hall–Kier alpha value is -2.03. The van der Waals surface area contributed by atoms with E-state index in [1.165, 1.54) is 0 Å². The lowest BCUT2D eigenvalue weighted by atomic mass is 10.0. The van der Waals surface area contributed by atoms with Crippen LogP contribution in [0, 0.1) is 0 Å². The topological polar surface area (TPSA) is 46.3 Å². The van der Waals surface area contributed by atoms with Gasteiger partial charge in [-0.2, -0.15) is 0 Å². The first kappa shape index (κ1) is 12.0. The van der Waals surface area contributed by atoms with Crippen molar-refractivity contribution in [3.63, 3.8) is 0 Å². The Balaban J connectivity index is 2.04. The smallest absolute Gasteiger partial charge is 0.256 e. The molecule has 19 heavy (non-hydrogen) atoms. The summed E-state index contributed by atoms with van der Waals surface area (Å²) in [6, 6.07) is 12.1. The molecule has 0 aromatic heterocycles. The molecular weight excluding hydrogens is 236 g/mol. The number of anilines is 1. The number of carbonyl (C=O) groups excluding carboxylic acids is 1. The zero-order valence-corrected chi connectivity index (χ0v) is 11.1. The molecule has 2 N–H and O–H groups in total. The predicted molar refractivity (Wildman–Crippen MR) is 78.1 cm³/mol. The molecule has 1 saturated heterocycles. The van der Waals surface area contributed by atoms with E-state index in [0.29, 0.717) is 17.3 Å². The summed E-state index contributed by atoms with van der Waals surface area (Å²) in [7, 11) is 0. The summed E-state index contributed by atoms with van der Waals surface area (Å²) in [5.74, 6) is 0.0632. The van der Waals surface area contributed by atoms with Crippen LogP contribution in [0.5, 0.6) is 0 Å². The van der Waals surface area contributed by atoms with Gasteiger partial charge in [-0.3, -0.25) is 4.79 Å². The highest BCUT2D eigenvalue weighted by Gasteiger charge is 2.27. The highest BCUT2D eigenvalue weighted by molar-refractivity contribution is 6.04. The Morgan fingerprint density at radius 2 is 1.95 bits per heavy atom. The maximum absolute atomic E-state index is 12.6. The Kier molecular flexibility index (Phi) is 2.90. The molecule has 1 atom stereocenters. The lowest BCUT2D eigenvalue weighted by molar-refractivity contribution is 0.0748. The second-order valence-corrected chi connectivity index (χ2v) is 5.28. The molecule has 0 bridgehead atoms. The Morgan fingerprint density at radius 1 is 1.26 bits per heavy atom. The van der Waals surface area contributed by atoms with Gasteiger partial charge >= 0.3 is 0 Å². The van der Waals surface area contributed by atoms with Crippen molar-refractivity contribution in [3.8, 4) is 0 Å². The quantitative estimate of drug-likeness (QED) is 0.795. The van der Waals surface area contributed by atoms with Gasteiger partial charge in [0.1, 0.15) is 0 Å². The van der Waals surface area contributed by atoms with E-state index in [0.717, 1.165) is 30.2 Å². The monoisotopic (exact) mass is 254 g/mol. The molecule has 1 heterocycles. The molecule has 1 amide bonds. The fraction of sp³-hybridized carbons (Fsp3) is 0.312. The van der Waals surface area contributed by atoms with Crippen LogP contribution in [0.25, 0.3) is 10.8 Å². The molecule has 1 fully saturated rings. The van der Waals surface area contributed by atoms with Crippen LogP contribution in [0.15, 0.2) is 36.4 Å². The van der Waals surface area contributed by atoms with Gasteiger partial charge in [0, 0.05) is 18.3 Å². The minimum atomic E-state index is 0.0632. The SMILES string of the molecule is C[C@@H]1CCCN1C(=O)c1cc2ccccc2cc1N. The fourth-order valence-corrected chi connectivity index (χ4v) is 2.83. The number of benzene rings is 2. The number of hydrogen-bond donors (Lipinski definition) is 1. The van der Waals surface area contributed by atoms with E-state index in [4.69, 9.17) is 5.73 Å². The second kappa shape index (κ2) is 4.57. The number of carbonyl (C=O) groups is 1. The molecular formula is C16H18N2O. The van der Waals surface area contributed by atoms with Crippen molar-refractivity contribution in [2.24, 2.45) is 0 Å². The molecule has 3 heteroatoms. The molecule has 3 nitrogen and oxygen atoms in total. The number of rotatable bonds is 1. The highest BCUT2D eigenvalue weighted by Crippen LogP contribution is 2.26. The van der Waals surface area contributed by atoms with Crippen LogP contribution in [0.3, 0.4) is 0 Å². The normalized spacial score (nSPS) is 19.0. The van der Waals surface area contributed by atoms with Crippen molar-refractivity contribution in [2.75, 3.05) is 12.3 Å². The summed E-state index contributed by atoms with van der Waals surface area (Å²) in [6.07, 6.45) is 2.17. The second-order valence-electron chi connectivity index (χ2n) is 5.28. The van der Waals surface area contributed by atoms with Gasteiger partial charge in [-0.25, -0.2) is 0 Å². The van der Waals surface area contributed by atoms with E-state index in [-0.39, 0.29) is 5.91 Å². The molecule has 0 saturated carbocycles. The fourth-order valence-electron chi connectivity index (χ4n) is 2.83. The first-order valence-corrected chi connectivity index (χ1v) is 6.76. The zero-order chi connectivity index (χ0) is 13.4. The molecule has 0 aliphatic carbocycles. The average Bonchev–Trinajstić information content (AvgIpc) is 2.83. The number of nitrogen functional groups attached to an aromatic ring is 1. The van der Waals surface area contributed by atoms with E-state index >= 15 is 0 Å². The van der Waals surface area contributed by atoms with Crippen molar-refractivity contribution in [1.82, 2.24) is 4.90 Å². The van der Waals surface area contributed by atoms with Gasteiger partial charge < -0.3 is 10.6 Å². The van der Waals surface area contributed by atoms with Gasteiger partial charge in [0.2, 0.25) is 0 Å². The maximum atomic E-state index is 12.6. The number of nitrogens with zero attached hydrogens (tertiary/aromatic N) is 1. The molecule has 1 aliphatic heterocycles. The summed E-state index contributed by atoms with van der Waals surface area (Å²) in [5.41, 5.74) is 7.26. The largest absolute Gasteiger partial charge is 0.398 e. The molecule has 1 aliphatic rings. The maximum Gasteiger partial charge on any atom is 0.256 e. The van der Waals surface area contributed by atoms with Crippen LogP contribution in [-0.2, 0) is 0 Å². The van der Waals surface area contributed by atoms with Crippen molar-refractivity contribution < 1.29 is 4.79 Å². The third kappa shape index (κ3) is 2.05. The van der Waals surface area contributed by atoms with Crippen molar-refractivity contribution in [2.45, 2.75) is 25.8 Å². The van der Waals surface area contributed by atoms with Crippen LogP contribution >= 0.6 is 0 Å². The van der Waals surface area contributed by atoms with E-state index < -0.39 is 0 Å². The number of amides is 1. The summed E-state index contributed by atoms with van der Waals surface area (Å²) in [5, 5.41) is 2.14. The zero-order valence-electron chi connectivity index (χ0n) is 11.1. The first-order chi connectivity index (χ1) is 9.16. The number of hydrogen-bond acceptors (Lipinski definition) is 2. The van der Waals surface area contributed by atoms with Gasteiger partial charge in [0.25, 0.3) is 5.91 Å². The standard InChI is InChI=1S/C16H18N2O/c1-11-5-4-8-18(11)16(19)14-9-12-6-2-3-7-13(12)10-15(14)17/h2-3,6-7,9-11H,4-5,8,17H2,1H3/t11-/m1/s1. The third-order valence-corrected chi connectivity index (χ3v) is 3.96. The molecule has 0 spiro atoms. The summed E-state index contributed by atoms with van der Waals surface area (Å²) in [4.78, 5) is 14.5. The Labute approximate surface area is 113 Å². The lowest BCUT2D eigenvalue weighted by Crippen LogP contribution is -2.34.